The molecule has 2 fully saturated rings. The Kier molecular flexibility index (Phi) is 7.50. The third-order valence-electron chi connectivity index (χ3n) is 6.31. The number of guanidine groups is 1. The summed E-state index contributed by atoms with van der Waals surface area (Å²) in [5.74, 6) is 2.88. The Morgan fingerprint density at radius 1 is 1.09 bits per heavy atom. The second-order valence-electron chi connectivity index (χ2n) is 8.24. The molecule has 1 heterocycles. The lowest BCUT2D eigenvalue weighted by Crippen LogP contribution is -2.46. The molecular formula is C25H34N4O3. The minimum Gasteiger partial charge on any atom is -0.493 e. The lowest BCUT2D eigenvalue weighted by molar-refractivity contribution is 0.0169. The van der Waals surface area contributed by atoms with Crippen molar-refractivity contribution in [3.63, 3.8) is 0 Å². The van der Waals surface area contributed by atoms with Gasteiger partial charge in [-0.05, 0) is 29.7 Å². The van der Waals surface area contributed by atoms with Gasteiger partial charge >= 0.3 is 0 Å². The van der Waals surface area contributed by atoms with Gasteiger partial charge in [-0.25, -0.2) is 0 Å². The number of aliphatic imine (C=N–C) groups is 1. The fourth-order valence-corrected chi connectivity index (χ4v) is 4.39. The van der Waals surface area contributed by atoms with Gasteiger partial charge in [0.2, 0.25) is 0 Å². The van der Waals surface area contributed by atoms with E-state index in [1.54, 1.807) is 14.2 Å². The van der Waals surface area contributed by atoms with Crippen LogP contribution in [0, 0.1) is 0 Å². The Morgan fingerprint density at radius 3 is 2.53 bits per heavy atom. The summed E-state index contributed by atoms with van der Waals surface area (Å²) in [5, 5.41) is 7.15. The number of hydrogen-bond acceptors (Lipinski definition) is 5. The van der Waals surface area contributed by atoms with E-state index in [2.05, 4.69) is 63.0 Å². The van der Waals surface area contributed by atoms with E-state index in [1.165, 1.54) is 11.1 Å². The molecule has 1 aliphatic carbocycles. The van der Waals surface area contributed by atoms with Gasteiger partial charge in [-0.3, -0.25) is 9.89 Å². The summed E-state index contributed by atoms with van der Waals surface area (Å²) in [6, 6.07) is 17.4. The molecule has 1 aliphatic heterocycles. The molecule has 2 N–H and O–H groups in total. The maximum atomic E-state index is 5.59. The van der Waals surface area contributed by atoms with Gasteiger partial charge in [0.05, 0.1) is 33.5 Å². The van der Waals surface area contributed by atoms with E-state index in [-0.39, 0.29) is 6.04 Å². The van der Waals surface area contributed by atoms with Crippen molar-refractivity contribution in [2.75, 3.05) is 54.1 Å². The quantitative estimate of drug-likeness (QED) is 0.488. The van der Waals surface area contributed by atoms with Gasteiger partial charge in [0.25, 0.3) is 0 Å². The standard InChI is InChI=1S/C25H34N4O3/c1-26-25(28-21-16-20(21)18-7-5-4-6-8-18)27-17-22(29-11-13-32-14-12-29)19-9-10-23(30-2)24(15-19)31-3/h4-10,15,20-22H,11-14,16-17H2,1-3H3,(H2,26,27,28). The zero-order valence-electron chi connectivity index (χ0n) is 19.2. The summed E-state index contributed by atoms with van der Waals surface area (Å²) < 4.78 is 16.6. The summed E-state index contributed by atoms with van der Waals surface area (Å²) in [6.45, 7) is 4.02. The normalized spacial score (nSPS) is 22.2. The molecule has 1 saturated heterocycles. The highest BCUT2D eigenvalue weighted by molar-refractivity contribution is 5.80. The van der Waals surface area contributed by atoms with Crippen LogP contribution < -0.4 is 20.1 Å². The molecule has 2 aliphatic rings. The fraction of sp³-hybridized carbons (Fsp3) is 0.480. The molecule has 2 aromatic carbocycles. The Balaban J connectivity index is 1.43. The summed E-state index contributed by atoms with van der Waals surface area (Å²) >= 11 is 0. The highest BCUT2D eigenvalue weighted by Gasteiger charge is 2.39. The summed E-state index contributed by atoms with van der Waals surface area (Å²) in [7, 11) is 5.17. The van der Waals surface area contributed by atoms with Gasteiger partial charge in [0.1, 0.15) is 0 Å². The number of benzene rings is 2. The van der Waals surface area contributed by atoms with E-state index in [9.17, 15) is 0 Å². The van der Waals surface area contributed by atoms with E-state index >= 15 is 0 Å². The number of methoxy groups -OCH3 is 2. The molecule has 0 aromatic heterocycles. The molecule has 0 bridgehead atoms. The SMILES string of the molecule is CN=C(NCC(c1ccc(OC)c(OC)c1)N1CCOCC1)NC1CC1c1ccccc1. The van der Waals surface area contributed by atoms with Crippen LogP contribution in [0.3, 0.4) is 0 Å². The van der Waals surface area contributed by atoms with Crippen molar-refractivity contribution in [3.8, 4) is 11.5 Å². The van der Waals surface area contributed by atoms with Crippen LogP contribution >= 0.6 is 0 Å². The minimum atomic E-state index is 0.168. The maximum absolute atomic E-state index is 5.59. The first kappa shape index (κ1) is 22.4. The van der Waals surface area contributed by atoms with E-state index in [1.807, 2.05) is 13.1 Å². The van der Waals surface area contributed by atoms with Crippen molar-refractivity contribution >= 4 is 5.96 Å². The maximum Gasteiger partial charge on any atom is 0.191 e. The molecule has 4 rings (SSSR count). The summed E-state index contributed by atoms with van der Waals surface area (Å²) in [5.41, 5.74) is 2.57. The molecule has 7 heteroatoms. The van der Waals surface area contributed by atoms with Gasteiger partial charge in [0.15, 0.2) is 17.5 Å². The molecular weight excluding hydrogens is 404 g/mol. The first-order valence-electron chi connectivity index (χ1n) is 11.3. The van der Waals surface area contributed by atoms with Crippen molar-refractivity contribution in [2.24, 2.45) is 4.99 Å². The van der Waals surface area contributed by atoms with Crippen LogP contribution in [0.1, 0.15) is 29.5 Å². The van der Waals surface area contributed by atoms with Gasteiger partial charge in [-0.1, -0.05) is 36.4 Å². The molecule has 3 unspecified atom stereocenters. The van der Waals surface area contributed by atoms with Gasteiger partial charge < -0.3 is 24.8 Å². The molecule has 1 saturated carbocycles. The van der Waals surface area contributed by atoms with Crippen LogP contribution in [0.5, 0.6) is 11.5 Å². The number of morpholine rings is 1. The Bertz CT molecular complexity index is 899. The largest absolute Gasteiger partial charge is 0.493 e. The Labute approximate surface area is 190 Å². The van der Waals surface area contributed by atoms with E-state index in [4.69, 9.17) is 14.2 Å². The second-order valence-corrected chi connectivity index (χ2v) is 8.24. The average molecular weight is 439 g/mol. The zero-order chi connectivity index (χ0) is 22.3. The summed E-state index contributed by atoms with van der Waals surface area (Å²) in [4.78, 5) is 6.93. The smallest absolute Gasteiger partial charge is 0.191 e. The molecule has 0 spiro atoms. The van der Waals surface area contributed by atoms with E-state index in [0.717, 1.165) is 56.7 Å². The molecule has 3 atom stereocenters. The number of rotatable bonds is 8. The Hall–Kier alpha value is -2.77. The van der Waals surface area contributed by atoms with Crippen molar-refractivity contribution in [3.05, 3.63) is 59.7 Å². The van der Waals surface area contributed by atoms with Gasteiger partial charge in [0, 0.05) is 38.6 Å². The van der Waals surface area contributed by atoms with Crippen LogP contribution in [0.25, 0.3) is 0 Å². The monoisotopic (exact) mass is 438 g/mol. The van der Waals surface area contributed by atoms with Crippen molar-refractivity contribution in [2.45, 2.75) is 24.4 Å². The third kappa shape index (κ3) is 5.34. The highest BCUT2D eigenvalue weighted by Crippen LogP contribution is 2.40. The minimum absolute atomic E-state index is 0.168. The van der Waals surface area contributed by atoms with Crippen molar-refractivity contribution in [1.29, 1.82) is 0 Å². The molecule has 7 nitrogen and oxygen atoms in total. The zero-order valence-corrected chi connectivity index (χ0v) is 19.2. The highest BCUT2D eigenvalue weighted by atomic mass is 16.5. The van der Waals surface area contributed by atoms with Gasteiger partial charge in [-0.2, -0.15) is 0 Å². The number of hydrogen-bond donors (Lipinski definition) is 2. The predicted molar refractivity (Wildman–Crippen MR) is 127 cm³/mol. The van der Waals surface area contributed by atoms with Crippen LogP contribution in [0.2, 0.25) is 0 Å². The fourth-order valence-electron chi connectivity index (χ4n) is 4.39. The first-order chi connectivity index (χ1) is 15.7. The molecule has 0 radical (unpaired) electrons. The van der Waals surface area contributed by atoms with Crippen LogP contribution in [0.15, 0.2) is 53.5 Å². The molecule has 2 aromatic rings. The number of ether oxygens (including phenoxy) is 3. The Morgan fingerprint density at radius 2 is 1.84 bits per heavy atom. The second kappa shape index (κ2) is 10.7. The lowest BCUT2D eigenvalue weighted by Gasteiger charge is -2.35. The van der Waals surface area contributed by atoms with Gasteiger partial charge in [-0.15, -0.1) is 0 Å². The van der Waals surface area contributed by atoms with E-state index in [0.29, 0.717) is 12.0 Å². The van der Waals surface area contributed by atoms with Crippen LogP contribution in [0.4, 0.5) is 0 Å². The van der Waals surface area contributed by atoms with Crippen molar-refractivity contribution in [1.82, 2.24) is 15.5 Å². The number of nitrogens with one attached hydrogen (secondary N) is 2. The first-order valence-corrected chi connectivity index (χ1v) is 11.3. The predicted octanol–water partition coefficient (Wildman–Crippen LogP) is 2.80. The molecule has 32 heavy (non-hydrogen) atoms. The lowest BCUT2D eigenvalue weighted by atomic mass is 10.0. The van der Waals surface area contributed by atoms with Crippen molar-refractivity contribution < 1.29 is 14.2 Å². The molecule has 172 valence electrons. The summed E-state index contributed by atoms with van der Waals surface area (Å²) in [6.07, 6.45) is 1.13. The topological polar surface area (TPSA) is 67.4 Å². The average Bonchev–Trinajstić information content (AvgIpc) is 3.63. The third-order valence-corrected chi connectivity index (χ3v) is 6.31. The van der Waals surface area contributed by atoms with E-state index < -0.39 is 0 Å². The van der Waals surface area contributed by atoms with Crippen LogP contribution in [-0.2, 0) is 4.74 Å². The van der Waals surface area contributed by atoms with Crippen LogP contribution in [-0.4, -0.2) is 71.0 Å². The number of nitrogens with zero attached hydrogens (tertiary/aromatic N) is 2. The molecule has 0 amide bonds.